The average Bonchev–Trinajstić information content (AvgIpc) is 2.54. The number of nitrogens with one attached hydrogen (secondary N) is 1. The van der Waals surface area contributed by atoms with E-state index in [0.29, 0.717) is 5.02 Å². The smallest absolute Gasteiger partial charge is 0.258 e. The Kier molecular flexibility index (Phi) is 5.10. The molecule has 2 aromatic carbocycles. The molecule has 0 aliphatic heterocycles. The van der Waals surface area contributed by atoms with E-state index in [9.17, 15) is 4.79 Å². The minimum absolute atomic E-state index is 0.0159. The lowest BCUT2D eigenvalue weighted by Gasteiger charge is -2.26. The summed E-state index contributed by atoms with van der Waals surface area (Å²) in [7, 11) is 0. The summed E-state index contributed by atoms with van der Waals surface area (Å²) in [6.07, 6.45) is 3.15. The van der Waals surface area contributed by atoms with Gasteiger partial charge in [0.05, 0.1) is 6.04 Å². The number of aryl methyl sites for hydroxylation is 3. The maximum atomic E-state index is 12.3. The molecule has 0 bridgehead atoms. The van der Waals surface area contributed by atoms with Crippen LogP contribution >= 0.6 is 11.6 Å². The van der Waals surface area contributed by atoms with Gasteiger partial charge in [-0.05, 0) is 67.5 Å². The molecular weight excluding hydrogens is 322 g/mol. The molecule has 1 amide bonds. The Balaban J connectivity index is 1.63. The second-order valence-corrected chi connectivity index (χ2v) is 6.80. The highest BCUT2D eigenvalue weighted by atomic mass is 35.5. The molecule has 2 aromatic rings. The third kappa shape index (κ3) is 3.73. The van der Waals surface area contributed by atoms with Gasteiger partial charge in [0, 0.05) is 5.02 Å². The fourth-order valence-electron chi connectivity index (χ4n) is 3.40. The zero-order valence-corrected chi connectivity index (χ0v) is 14.8. The summed E-state index contributed by atoms with van der Waals surface area (Å²) in [6, 6.07) is 12.1. The lowest BCUT2D eigenvalue weighted by atomic mass is 9.88. The summed E-state index contributed by atoms with van der Waals surface area (Å²) in [6.45, 7) is 3.88. The SMILES string of the molecule is Cc1cc(Cl)cc(C)c1OCC(=O)N[C@@H]1CCCc2ccccc21. The van der Waals surface area contributed by atoms with E-state index in [2.05, 4.69) is 23.5 Å². The largest absolute Gasteiger partial charge is 0.483 e. The first-order chi connectivity index (χ1) is 11.5. The van der Waals surface area contributed by atoms with Crippen LogP contribution in [0, 0.1) is 13.8 Å². The first-order valence-corrected chi connectivity index (χ1v) is 8.69. The molecule has 0 heterocycles. The van der Waals surface area contributed by atoms with Gasteiger partial charge < -0.3 is 10.1 Å². The molecule has 126 valence electrons. The van der Waals surface area contributed by atoms with Crippen LogP contribution in [0.1, 0.15) is 41.1 Å². The molecule has 1 aliphatic carbocycles. The highest BCUT2D eigenvalue weighted by Gasteiger charge is 2.21. The number of amides is 1. The summed E-state index contributed by atoms with van der Waals surface area (Å²) >= 11 is 6.03. The van der Waals surface area contributed by atoms with Gasteiger partial charge in [0.25, 0.3) is 5.91 Å². The van der Waals surface area contributed by atoms with Crippen LogP contribution in [0.25, 0.3) is 0 Å². The number of benzene rings is 2. The molecule has 1 atom stereocenters. The van der Waals surface area contributed by atoms with Gasteiger partial charge in [0.15, 0.2) is 6.61 Å². The molecular formula is C20H22ClNO2. The van der Waals surface area contributed by atoms with Gasteiger partial charge in [-0.1, -0.05) is 35.9 Å². The van der Waals surface area contributed by atoms with Crippen molar-refractivity contribution < 1.29 is 9.53 Å². The molecule has 0 fully saturated rings. The molecule has 1 N–H and O–H groups in total. The van der Waals surface area contributed by atoms with Crippen LogP contribution in [-0.2, 0) is 11.2 Å². The molecule has 0 saturated carbocycles. The Bertz CT molecular complexity index is 734. The minimum Gasteiger partial charge on any atom is -0.483 e. The summed E-state index contributed by atoms with van der Waals surface area (Å²) in [4.78, 5) is 12.3. The van der Waals surface area contributed by atoms with Crippen LogP contribution < -0.4 is 10.1 Å². The van der Waals surface area contributed by atoms with Crippen LogP contribution in [-0.4, -0.2) is 12.5 Å². The number of ether oxygens (including phenoxy) is 1. The molecule has 0 spiro atoms. The van der Waals surface area contributed by atoms with Crippen molar-refractivity contribution in [3.8, 4) is 5.75 Å². The Morgan fingerprint density at radius 1 is 1.25 bits per heavy atom. The van der Waals surface area contributed by atoms with Gasteiger partial charge >= 0.3 is 0 Å². The Morgan fingerprint density at radius 3 is 2.71 bits per heavy atom. The number of carbonyl (C=O) groups is 1. The van der Waals surface area contributed by atoms with Crippen LogP contribution in [0.2, 0.25) is 5.02 Å². The minimum atomic E-state index is -0.0922. The van der Waals surface area contributed by atoms with E-state index in [-0.39, 0.29) is 18.6 Å². The second kappa shape index (κ2) is 7.27. The highest BCUT2D eigenvalue weighted by molar-refractivity contribution is 6.30. The number of halogens is 1. The van der Waals surface area contributed by atoms with Crippen molar-refractivity contribution in [1.29, 1.82) is 0 Å². The average molecular weight is 344 g/mol. The normalized spacial score (nSPS) is 16.4. The topological polar surface area (TPSA) is 38.3 Å². The van der Waals surface area contributed by atoms with Gasteiger partial charge in [-0.25, -0.2) is 0 Å². The first kappa shape index (κ1) is 16.8. The number of fused-ring (bicyclic) bond motifs is 1. The summed E-state index contributed by atoms with van der Waals surface area (Å²) in [5.74, 6) is 0.643. The highest BCUT2D eigenvalue weighted by Crippen LogP contribution is 2.30. The molecule has 0 aromatic heterocycles. The van der Waals surface area contributed by atoms with Crippen molar-refractivity contribution in [1.82, 2.24) is 5.32 Å². The second-order valence-electron chi connectivity index (χ2n) is 6.37. The number of carbonyl (C=O) groups excluding carboxylic acids is 1. The van der Waals surface area contributed by atoms with Crippen molar-refractivity contribution >= 4 is 17.5 Å². The molecule has 24 heavy (non-hydrogen) atoms. The molecule has 3 nitrogen and oxygen atoms in total. The van der Waals surface area contributed by atoms with Gasteiger partial charge in [-0.3, -0.25) is 4.79 Å². The van der Waals surface area contributed by atoms with Crippen molar-refractivity contribution in [2.45, 2.75) is 39.2 Å². The third-order valence-corrected chi connectivity index (χ3v) is 4.70. The van der Waals surface area contributed by atoms with E-state index < -0.39 is 0 Å². The number of hydrogen-bond donors (Lipinski definition) is 1. The van der Waals surface area contributed by atoms with E-state index >= 15 is 0 Å². The molecule has 1 aliphatic rings. The van der Waals surface area contributed by atoms with Crippen molar-refractivity contribution in [2.75, 3.05) is 6.61 Å². The zero-order chi connectivity index (χ0) is 17.1. The van der Waals surface area contributed by atoms with Gasteiger partial charge in [0.1, 0.15) is 5.75 Å². The maximum absolute atomic E-state index is 12.3. The molecule has 0 saturated heterocycles. The van der Waals surface area contributed by atoms with E-state index in [4.69, 9.17) is 16.3 Å². The maximum Gasteiger partial charge on any atom is 0.258 e. The van der Waals surface area contributed by atoms with E-state index in [1.807, 2.05) is 32.0 Å². The zero-order valence-electron chi connectivity index (χ0n) is 14.1. The Morgan fingerprint density at radius 2 is 1.96 bits per heavy atom. The Labute approximate surface area is 148 Å². The lowest BCUT2D eigenvalue weighted by Crippen LogP contribution is -2.34. The van der Waals surface area contributed by atoms with Crippen LogP contribution in [0.15, 0.2) is 36.4 Å². The van der Waals surface area contributed by atoms with E-state index in [1.54, 1.807) is 0 Å². The number of rotatable bonds is 4. The van der Waals surface area contributed by atoms with E-state index in [0.717, 1.165) is 36.1 Å². The van der Waals surface area contributed by atoms with Gasteiger partial charge in [0.2, 0.25) is 0 Å². The van der Waals surface area contributed by atoms with Crippen molar-refractivity contribution in [3.63, 3.8) is 0 Å². The molecule has 4 heteroatoms. The van der Waals surface area contributed by atoms with Crippen molar-refractivity contribution in [3.05, 3.63) is 63.7 Å². The third-order valence-electron chi connectivity index (χ3n) is 4.48. The van der Waals surface area contributed by atoms with Crippen LogP contribution in [0.4, 0.5) is 0 Å². The molecule has 0 unspecified atom stereocenters. The van der Waals surface area contributed by atoms with Crippen LogP contribution in [0.5, 0.6) is 5.75 Å². The predicted octanol–water partition coefficient (Wildman–Crippen LogP) is 4.53. The quantitative estimate of drug-likeness (QED) is 0.885. The molecule has 3 rings (SSSR count). The van der Waals surface area contributed by atoms with Crippen LogP contribution in [0.3, 0.4) is 0 Å². The van der Waals surface area contributed by atoms with E-state index in [1.165, 1.54) is 11.1 Å². The predicted molar refractivity (Wildman–Crippen MR) is 96.7 cm³/mol. The molecule has 0 radical (unpaired) electrons. The summed E-state index contributed by atoms with van der Waals surface area (Å²) in [5, 5.41) is 3.79. The first-order valence-electron chi connectivity index (χ1n) is 8.31. The number of hydrogen-bond acceptors (Lipinski definition) is 2. The van der Waals surface area contributed by atoms with Gasteiger partial charge in [-0.15, -0.1) is 0 Å². The van der Waals surface area contributed by atoms with Gasteiger partial charge in [-0.2, -0.15) is 0 Å². The lowest BCUT2D eigenvalue weighted by molar-refractivity contribution is -0.124. The standard InChI is InChI=1S/C20H22ClNO2/c1-13-10-16(21)11-14(2)20(13)24-12-19(23)22-18-9-5-7-15-6-3-4-8-17(15)18/h3-4,6,8,10-11,18H,5,7,9,12H2,1-2H3,(H,22,23)/t18-/m1/s1. The Hall–Kier alpha value is -2.00. The summed E-state index contributed by atoms with van der Waals surface area (Å²) in [5.41, 5.74) is 4.45. The van der Waals surface area contributed by atoms with Crippen molar-refractivity contribution in [2.24, 2.45) is 0 Å². The summed E-state index contributed by atoms with van der Waals surface area (Å²) < 4.78 is 5.74. The fraction of sp³-hybridized carbons (Fsp3) is 0.350. The fourth-order valence-corrected chi connectivity index (χ4v) is 3.73. The monoisotopic (exact) mass is 343 g/mol.